The smallest absolute Gasteiger partial charge is 0.245 e. The summed E-state index contributed by atoms with van der Waals surface area (Å²) in [5.41, 5.74) is -0.165. The summed E-state index contributed by atoms with van der Waals surface area (Å²) in [7, 11) is 1.69. The van der Waals surface area contributed by atoms with Crippen LogP contribution in [-0.4, -0.2) is 83.8 Å². The molecule has 3 aromatic carbocycles. The Labute approximate surface area is 259 Å². The third kappa shape index (κ3) is 5.99. The maximum absolute atomic E-state index is 14.8. The van der Waals surface area contributed by atoms with E-state index in [4.69, 9.17) is 0 Å². The SMILES string of the molecule is CN[C@@H](C)C(=O)N[C@H](C(=O)[C@@]12CN(CCc3ccccc3)C(=O)[C@H](Cc3cccc4ccccc34)N1C(=O)CN2)C(C)(C)C. The lowest BCUT2D eigenvalue weighted by atomic mass is 9.78. The molecule has 0 spiro atoms. The van der Waals surface area contributed by atoms with Gasteiger partial charge in [0.2, 0.25) is 17.7 Å². The van der Waals surface area contributed by atoms with E-state index >= 15 is 0 Å². The van der Waals surface area contributed by atoms with E-state index in [9.17, 15) is 19.2 Å². The third-order valence-electron chi connectivity index (χ3n) is 9.00. The molecule has 5 rings (SSSR count). The van der Waals surface area contributed by atoms with Crippen LogP contribution < -0.4 is 16.0 Å². The highest BCUT2D eigenvalue weighted by Crippen LogP contribution is 2.36. The highest BCUT2D eigenvalue weighted by atomic mass is 16.2. The van der Waals surface area contributed by atoms with Gasteiger partial charge in [0.1, 0.15) is 6.04 Å². The van der Waals surface area contributed by atoms with Crippen LogP contribution in [0.15, 0.2) is 72.8 Å². The largest absolute Gasteiger partial charge is 0.344 e. The predicted octanol–water partition coefficient (Wildman–Crippen LogP) is 2.67. The summed E-state index contributed by atoms with van der Waals surface area (Å²) in [6, 6.07) is 21.5. The van der Waals surface area contributed by atoms with Crippen LogP contribution >= 0.6 is 0 Å². The van der Waals surface area contributed by atoms with Crippen molar-refractivity contribution in [3.8, 4) is 0 Å². The van der Waals surface area contributed by atoms with Crippen LogP contribution in [-0.2, 0) is 32.0 Å². The van der Waals surface area contributed by atoms with Gasteiger partial charge in [-0.3, -0.25) is 24.5 Å². The molecule has 2 saturated heterocycles. The Morgan fingerprint density at radius 1 is 1.00 bits per heavy atom. The van der Waals surface area contributed by atoms with E-state index in [-0.39, 0.29) is 43.0 Å². The number of carbonyl (C=O) groups excluding carboxylic acids is 4. The lowest BCUT2D eigenvalue weighted by molar-refractivity contribution is -0.165. The van der Waals surface area contributed by atoms with Crippen LogP contribution in [0, 0.1) is 5.41 Å². The van der Waals surface area contributed by atoms with Gasteiger partial charge in [-0.2, -0.15) is 0 Å². The number of amides is 3. The van der Waals surface area contributed by atoms with Crippen LogP contribution in [0.5, 0.6) is 0 Å². The molecule has 0 unspecified atom stereocenters. The van der Waals surface area contributed by atoms with Gasteiger partial charge in [-0.15, -0.1) is 0 Å². The van der Waals surface area contributed by atoms with E-state index in [1.807, 2.05) is 93.6 Å². The quantitative estimate of drug-likeness (QED) is 0.332. The molecule has 9 heteroatoms. The lowest BCUT2D eigenvalue weighted by Crippen LogP contribution is -2.77. The molecule has 2 heterocycles. The molecule has 44 heavy (non-hydrogen) atoms. The number of carbonyl (C=O) groups is 4. The van der Waals surface area contributed by atoms with Crippen molar-refractivity contribution in [3.63, 3.8) is 0 Å². The molecule has 3 amide bonds. The first-order chi connectivity index (χ1) is 21.0. The highest BCUT2D eigenvalue weighted by molar-refractivity contribution is 6.05. The summed E-state index contributed by atoms with van der Waals surface area (Å²) in [6.07, 6.45) is 0.860. The number of benzene rings is 3. The van der Waals surface area contributed by atoms with Gasteiger partial charge in [0.25, 0.3) is 0 Å². The molecular weight excluding hydrogens is 554 g/mol. The molecule has 2 fully saturated rings. The number of rotatable bonds is 10. The van der Waals surface area contributed by atoms with E-state index in [1.54, 1.807) is 18.9 Å². The first-order valence-corrected chi connectivity index (χ1v) is 15.3. The Hall–Kier alpha value is -4.08. The molecule has 2 aliphatic rings. The van der Waals surface area contributed by atoms with Gasteiger partial charge in [-0.25, -0.2) is 0 Å². The van der Waals surface area contributed by atoms with Crippen molar-refractivity contribution in [1.82, 2.24) is 25.8 Å². The second-order valence-electron chi connectivity index (χ2n) is 13.0. The van der Waals surface area contributed by atoms with Crippen LogP contribution in [0.2, 0.25) is 0 Å². The standard InChI is InChI=1S/C35H43N5O4/c1-23(36-5)32(43)38-30(34(2,3)4)31(42)35-22-39(19-18-24-12-7-6-8-13-24)33(44)28(40(35)29(41)21-37-35)20-26-16-11-15-25-14-9-10-17-27(25)26/h6-17,23,28,30,36-37H,18-22H2,1-5H3,(H,38,43)/t23-,28-,30+,35+/m0/s1. The predicted molar refractivity (Wildman–Crippen MR) is 171 cm³/mol. The topological polar surface area (TPSA) is 111 Å². The average molecular weight is 598 g/mol. The lowest BCUT2D eigenvalue weighted by Gasteiger charge is -2.51. The average Bonchev–Trinajstić information content (AvgIpc) is 3.36. The van der Waals surface area contributed by atoms with Crippen LogP contribution in [0.25, 0.3) is 10.8 Å². The van der Waals surface area contributed by atoms with E-state index in [0.717, 1.165) is 21.9 Å². The first-order valence-electron chi connectivity index (χ1n) is 15.3. The minimum absolute atomic E-state index is 0.000685. The number of ketones is 1. The Bertz CT molecular complexity index is 1550. The van der Waals surface area contributed by atoms with Crippen molar-refractivity contribution in [3.05, 3.63) is 83.9 Å². The maximum atomic E-state index is 14.8. The van der Waals surface area contributed by atoms with Crippen molar-refractivity contribution in [2.45, 2.75) is 64.3 Å². The fraction of sp³-hybridized carbons (Fsp3) is 0.429. The summed E-state index contributed by atoms with van der Waals surface area (Å²) < 4.78 is 0. The second-order valence-corrected chi connectivity index (χ2v) is 13.0. The van der Waals surface area contributed by atoms with Crippen LogP contribution in [0.4, 0.5) is 0 Å². The molecular formula is C35H43N5O4. The van der Waals surface area contributed by atoms with Crippen molar-refractivity contribution in [2.24, 2.45) is 5.41 Å². The molecule has 3 N–H and O–H groups in total. The fourth-order valence-corrected chi connectivity index (χ4v) is 6.40. The van der Waals surface area contributed by atoms with Gasteiger partial charge in [0.15, 0.2) is 11.4 Å². The number of piperazine rings is 1. The number of nitrogens with zero attached hydrogens (tertiary/aromatic N) is 2. The number of hydrogen-bond donors (Lipinski definition) is 3. The van der Waals surface area contributed by atoms with Crippen molar-refractivity contribution in [2.75, 3.05) is 26.7 Å². The zero-order chi connectivity index (χ0) is 31.6. The summed E-state index contributed by atoms with van der Waals surface area (Å²) >= 11 is 0. The van der Waals surface area contributed by atoms with Crippen LogP contribution in [0.3, 0.4) is 0 Å². The van der Waals surface area contributed by atoms with Gasteiger partial charge >= 0.3 is 0 Å². The molecule has 2 aliphatic heterocycles. The van der Waals surface area contributed by atoms with Crippen molar-refractivity contribution in [1.29, 1.82) is 0 Å². The molecule has 4 atom stereocenters. The Balaban J connectivity index is 1.57. The zero-order valence-electron chi connectivity index (χ0n) is 26.2. The molecule has 0 aliphatic carbocycles. The normalized spacial score (nSPS) is 21.7. The van der Waals surface area contributed by atoms with Gasteiger partial charge in [0.05, 0.1) is 25.2 Å². The van der Waals surface area contributed by atoms with E-state index in [0.29, 0.717) is 13.0 Å². The number of likely N-dealkylation sites (N-methyl/N-ethyl adjacent to an activating group) is 1. The molecule has 3 aromatic rings. The molecule has 0 saturated carbocycles. The molecule has 232 valence electrons. The Kier molecular flexibility index (Phi) is 8.90. The van der Waals surface area contributed by atoms with Gasteiger partial charge in [0, 0.05) is 13.0 Å². The number of nitrogens with one attached hydrogen (secondary N) is 3. The second kappa shape index (κ2) is 12.5. The van der Waals surface area contributed by atoms with Crippen molar-refractivity contribution < 1.29 is 19.2 Å². The summed E-state index contributed by atoms with van der Waals surface area (Å²) in [4.78, 5) is 59.2. The zero-order valence-corrected chi connectivity index (χ0v) is 26.2. The van der Waals surface area contributed by atoms with Crippen LogP contribution in [0.1, 0.15) is 38.8 Å². The monoisotopic (exact) mass is 597 g/mol. The van der Waals surface area contributed by atoms with Gasteiger partial charge in [-0.1, -0.05) is 93.6 Å². The number of Topliss-reactive ketones (excluding diaryl/α,β-unsaturated/α-hetero) is 1. The number of fused-ring (bicyclic) bond motifs is 2. The van der Waals surface area contributed by atoms with Gasteiger partial charge in [-0.05, 0) is 47.7 Å². The Morgan fingerprint density at radius 3 is 2.39 bits per heavy atom. The molecule has 0 radical (unpaired) electrons. The number of hydrogen-bond acceptors (Lipinski definition) is 6. The maximum Gasteiger partial charge on any atom is 0.245 e. The summed E-state index contributed by atoms with van der Waals surface area (Å²) in [5.74, 6) is -1.13. The summed E-state index contributed by atoms with van der Waals surface area (Å²) in [6.45, 7) is 7.73. The van der Waals surface area contributed by atoms with Crippen molar-refractivity contribution >= 4 is 34.3 Å². The summed E-state index contributed by atoms with van der Waals surface area (Å²) in [5, 5.41) is 11.2. The van der Waals surface area contributed by atoms with E-state index in [2.05, 4.69) is 16.0 Å². The van der Waals surface area contributed by atoms with E-state index < -0.39 is 29.2 Å². The highest BCUT2D eigenvalue weighted by Gasteiger charge is 2.62. The van der Waals surface area contributed by atoms with Gasteiger partial charge < -0.3 is 20.4 Å². The van der Waals surface area contributed by atoms with E-state index in [1.165, 1.54) is 4.90 Å². The minimum Gasteiger partial charge on any atom is -0.344 e. The minimum atomic E-state index is -1.50. The third-order valence-corrected chi connectivity index (χ3v) is 9.00. The molecule has 9 nitrogen and oxygen atoms in total. The Morgan fingerprint density at radius 2 is 1.68 bits per heavy atom. The molecule has 0 bridgehead atoms. The fourth-order valence-electron chi connectivity index (χ4n) is 6.40. The molecule has 0 aromatic heterocycles. The first kappa shape index (κ1) is 31.3.